The van der Waals surface area contributed by atoms with Crippen LogP contribution in [0.4, 0.5) is 0 Å². The molecule has 0 atom stereocenters. The molecule has 0 spiro atoms. The lowest BCUT2D eigenvalue weighted by Gasteiger charge is -2.10. The molecular formula is C15H16ClNOS. The van der Waals surface area contributed by atoms with Crippen LogP contribution in [0.3, 0.4) is 0 Å². The number of hydrogen-bond acceptors (Lipinski definition) is 3. The second-order valence-electron chi connectivity index (χ2n) is 4.71. The van der Waals surface area contributed by atoms with Crippen LogP contribution in [0.2, 0.25) is 5.02 Å². The van der Waals surface area contributed by atoms with Crippen molar-refractivity contribution >= 4 is 22.9 Å². The van der Waals surface area contributed by atoms with Gasteiger partial charge in [-0.2, -0.15) is 11.3 Å². The number of ether oxygens (including phenoxy) is 1. The van der Waals surface area contributed by atoms with E-state index in [1.54, 1.807) is 11.3 Å². The van der Waals surface area contributed by atoms with Gasteiger partial charge in [0.2, 0.25) is 0 Å². The lowest BCUT2D eigenvalue weighted by Crippen LogP contribution is -2.17. The van der Waals surface area contributed by atoms with E-state index in [0.717, 1.165) is 43.3 Å². The Morgan fingerprint density at radius 1 is 1.37 bits per heavy atom. The minimum absolute atomic E-state index is 0.775. The Hall–Kier alpha value is -1.03. The predicted molar refractivity (Wildman–Crippen MR) is 80.4 cm³/mol. The van der Waals surface area contributed by atoms with Crippen molar-refractivity contribution in [2.24, 2.45) is 0 Å². The number of nitrogens with one attached hydrogen (secondary N) is 1. The van der Waals surface area contributed by atoms with E-state index >= 15 is 0 Å². The molecule has 4 heteroatoms. The number of thiophene rings is 1. The molecule has 2 aromatic rings. The van der Waals surface area contributed by atoms with Gasteiger partial charge in [0.05, 0.1) is 6.61 Å². The van der Waals surface area contributed by atoms with Crippen LogP contribution in [0.5, 0.6) is 5.75 Å². The van der Waals surface area contributed by atoms with Gasteiger partial charge >= 0.3 is 0 Å². The van der Waals surface area contributed by atoms with Gasteiger partial charge in [-0.3, -0.25) is 0 Å². The summed E-state index contributed by atoms with van der Waals surface area (Å²) in [4.78, 5) is 0. The minimum atomic E-state index is 0.775. The van der Waals surface area contributed by atoms with E-state index in [0.29, 0.717) is 0 Å². The second kappa shape index (κ2) is 5.95. The van der Waals surface area contributed by atoms with Crippen LogP contribution in [0.15, 0.2) is 29.0 Å². The van der Waals surface area contributed by atoms with E-state index in [-0.39, 0.29) is 0 Å². The zero-order valence-electron chi connectivity index (χ0n) is 10.6. The highest BCUT2D eigenvalue weighted by Crippen LogP contribution is 2.32. The molecule has 0 unspecified atom stereocenters. The smallest absolute Gasteiger partial charge is 0.127 e. The lowest BCUT2D eigenvalue weighted by atomic mass is 10.1. The number of rotatable bonds is 5. The van der Waals surface area contributed by atoms with Crippen LogP contribution < -0.4 is 10.1 Å². The topological polar surface area (TPSA) is 21.3 Å². The van der Waals surface area contributed by atoms with Crippen LogP contribution in [0, 0.1) is 0 Å². The molecule has 2 nitrogen and oxygen atoms in total. The molecule has 1 aliphatic rings. The Labute approximate surface area is 122 Å². The Balaban J connectivity index is 1.58. The largest absolute Gasteiger partial charge is 0.493 e. The van der Waals surface area contributed by atoms with Gasteiger partial charge in [0.25, 0.3) is 0 Å². The third-order valence-electron chi connectivity index (χ3n) is 3.31. The summed E-state index contributed by atoms with van der Waals surface area (Å²) in [5.41, 5.74) is 3.80. The molecule has 2 heterocycles. The molecule has 1 N–H and O–H groups in total. The summed E-state index contributed by atoms with van der Waals surface area (Å²) < 4.78 is 5.69. The van der Waals surface area contributed by atoms with Crippen LogP contribution >= 0.6 is 22.9 Å². The summed E-state index contributed by atoms with van der Waals surface area (Å²) in [6.45, 7) is 2.56. The van der Waals surface area contributed by atoms with Gasteiger partial charge in [0.15, 0.2) is 0 Å². The molecule has 0 amide bonds. The molecule has 19 heavy (non-hydrogen) atoms. The molecule has 1 aromatic carbocycles. The van der Waals surface area contributed by atoms with Crippen molar-refractivity contribution in [1.82, 2.24) is 5.32 Å². The molecule has 1 aromatic heterocycles. The fourth-order valence-corrected chi connectivity index (χ4v) is 3.33. The van der Waals surface area contributed by atoms with E-state index in [1.807, 2.05) is 12.1 Å². The highest BCUT2D eigenvalue weighted by atomic mass is 35.5. The van der Waals surface area contributed by atoms with E-state index in [2.05, 4.69) is 22.1 Å². The fourth-order valence-electron chi connectivity index (χ4n) is 2.37. The second-order valence-corrected chi connectivity index (χ2v) is 5.93. The summed E-state index contributed by atoms with van der Waals surface area (Å²) in [6.07, 6.45) is 2.03. The fraction of sp³-hybridized carbons (Fsp3) is 0.333. The molecule has 0 saturated heterocycles. The Kier molecular flexibility index (Phi) is 4.06. The molecule has 0 fully saturated rings. The third kappa shape index (κ3) is 3.11. The third-order valence-corrected chi connectivity index (χ3v) is 4.26. The molecule has 1 aliphatic heterocycles. The number of fused-ring (bicyclic) bond motifs is 1. The highest BCUT2D eigenvalue weighted by molar-refractivity contribution is 7.07. The number of benzene rings is 1. The summed E-state index contributed by atoms with van der Waals surface area (Å²) in [6, 6.07) is 6.19. The molecule has 3 rings (SSSR count). The van der Waals surface area contributed by atoms with Crippen molar-refractivity contribution in [3.8, 4) is 5.75 Å². The van der Waals surface area contributed by atoms with Crippen LogP contribution in [-0.4, -0.2) is 13.2 Å². The van der Waals surface area contributed by atoms with E-state index < -0.39 is 0 Å². The normalized spacial score (nSPS) is 13.3. The average molecular weight is 294 g/mol. The zero-order valence-corrected chi connectivity index (χ0v) is 12.2. The minimum Gasteiger partial charge on any atom is -0.493 e. The van der Waals surface area contributed by atoms with Gasteiger partial charge in [0, 0.05) is 23.6 Å². The predicted octanol–water partition coefficient (Wildman–Crippen LogP) is 3.67. The van der Waals surface area contributed by atoms with E-state index in [4.69, 9.17) is 16.3 Å². The van der Waals surface area contributed by atoms with Crippen molar-refractivity contribution in [3.05, 3.63) is 50.7 Å². The Bertz CT molecular complexity index is 554. The SMILES string of the molecule is Clc1cc2c(c(CNCCc3ccsc3)c1)OCC2. The Morgan fingerprint density at radius 2 is 2.32 bits per heavy atom. The Morgan fingerprint density at radius 3 is 3.16 bits per heavy atom. The molecule has 0 radical (unpaired) electrons. The van der Waals surface area contributed by atoms with Gasteiger partial charge in [0.1, 0.15) is 5.75 Å². The average Bonchev–Trinajstić information content (AvgIpc) is 3.04. The lowest BCUT2D eigenvalue weighted by molar-refractivity contribution is 0.352. The molecule has 100 valence electrons. The van der Waals surface area contributed by atoms with Gasteiger partial charge < -0.3 is 10.1 Å². The first-order valence-corrected chi connectivity index (χ1v) is 7.81. The van der Waals surface area contributed by atoms with Gasteiger partial charge in [-0.15, -0.1) is 0 Å². The standard InChI is InChI=1S/C15H16ClNOS/c16-14-7-12-2-5-18-15(12)13(8-14)9-17-4-1-11-3-6-19-10-11/h3,6-8,10,17H,1-2,4-5,9H2. The van der Waals surface area contributed by atoms with Crippen LogP contribution in [-0.2, 0) is 19.4 Å². The quantitative estimate of drug-likeness (QED) is 0.849. The number of halogens is 1. The van der Waals surface area contributed by atoms with Crippen molar-refractivity contribution in [1.29, 1.82) is 0 Å². The molecule has 0 saturated carbocycles. The van der Waals surface area contributed by atoms with E-state index in [9.17, 15) is 0 Å². The maximum absolute atomic E-state index is 6.14. The zero-order chi connectivity index (χ0) is 13.1. The first-order valence-electron chi connectivity index (χ1n) is 6.49. The summed E-state index contributed by atoms with van der Waals surface area (Å²) >= 11 is 7.89. The first kappa shape index (κ1) is 13.0. The first-order chi connectivity index (χ1) is 9.33. The van der Waals surface area contributed by atoms with Gasteiger partial charge in [-0.1, -0.05) is 11.6 Å². The van der Waals surface area contributed by atoms with Crippen molar-refractivity contribution < 1.29 is 4.74 Å². The highest BCUT2D eigenvalue weighted by Gasteiger charge is 2.17. The van der Waals surface area contributed by atoms with Crippen molar-refractivity contribution in [3.63, 3.8) is 0 Å². The summed E-state index contributed by atoms with van der Waals surface area (Å²) in [7, 11) is 0. The van der Waals surface area contributed by atoms with E-state index in [1.165, 1.54) is 16.7 Å². The van der Waals surface area contributed by atoms with Gasteiger partial charge in [-0.05, 0) is 53.1 Å². The molecule has 0 bridgehead atoms. The number of hydrogen-bond donors (Lipinski definition) is 1. The maximum Gasteiger partial charge on any atom is 0.127 e. The van der Waals surface area contributed by atoms with Gasteiger partial charge in [-0.25, -0.2) is 0 Å². The van der Waals surface area contributed by atoms with Crippen LogP contribution in [0.1, 0.15) is 16.7 Å². The monoisotopic (exact) mass is 293 g/mol. The van der Waals surface area contributed by atoms with Crippen molar-refractivity contribution in [2.45, 2.75) is 19.4 Å². The maximum atomic E-state index is 6.14. The summed E-state index contributed by atoms with van der Waals surface area (Å²) in [5.74, 6) is 1.03. The van der Waals surface area contributed by atoms with Crippen LogP contribution in [0.25, 0.3) is 0 Å². The van der Waals surface area contributed by atoms with Crippen molar-refractivity contribution in [2.75, 3.05) is 13.2 Å². The molecular weight excluding hydrogens is 278 g/mol. The summed E-state index contributed by atoms with van der Waals surface area (Å²) in [5, 5.41) is 8.58. The molecule has 0 aliphatic carbocycles.